The number of nitrogens with one attached hydrogen (secondary N) is 1. The molecule has 0 spiro atoms. The number of hydrogen-bond acceptors (Lipinski definition) is 2. The van der Waals surface area contributed by atoms with Crippen molar-refractivity contribution in [3.8, 4) is 0 Å². The minimum atomic E-state index is 0.0508. The lowest BCUT2D eigenvalue weighted by Gasteiger charge is -1.99. The fourth-order valence-corrected chi connectivity index (χ4v) is 1.08. The zero-order chi connectivity index (χ0) is 9.68. The summed E-state index contributed by atoms with van der Waals surface area (Å²) in [5.41, 5.74) is 5.66. The highest BCUT2D eigenvalue weighted by Gasteiger charge is 2.25. The molecule has 0 aliphatic heterocycles. The number of nitrogens with zero attached hydrogens (tertiary/aromatic N) is 1. The highest BCUT2D eigenvalue weighted by molar-refractivity contribution is 5.85. The van der Waals surface area contributed by atoms with Crippen LogP contribution in [0.4, 0.5) is 0 Å². The van der Waals surface area contributed by atoms with Gasteiger partial charge < -0.3 is 11.1 Å². The van der Waals surface area contributed by atoms with Gasteiger partial charge in [0.15, 0.2) is 0 Å². The SMILES string of the molecule is CCNC(=O)CCN=C(N)C1CC1. The van der Waals surface area contributed by atoms with E-state index in [0.717, 1.165) is 18.7 Å². The normalized spacial score (nSPS) is 17.2. The van der Waals surface area contributed by atoms with Crippen LogP contribution in [0.1, 0.15) is 26.2 Å². The molecule has 3 N–H and O–H groups in total. The average Bonchev–Trinajstić information content (AvgIpc) is 2.86. The van der Waals surface area contributed by atoms with Gasteiger partial charge in [-0.3, -0.25) is 9.79 Å². The van der Waals surface area contributed by atoms with Gasteiger partial charge in [0.25, 0.3) is 0 Å². The predicted octanol–water partition coefficient (Wildman–Crippen LogP) is 0.280. The van der Waals surface area contributed by atoms with E-state index in [1.807, 2.05) is 6.92 Å². The highest BCUT2D eigenvalue weighted by Crippen LogP contribution is 2.28. The van der Waals surface area contributed by atoms with Crippen LogP contribution in [0.25, 0.3) is 0 Å². The Morgan fingerprint density at radius 1 is 1.62 bits per heavy atom. The molecular formula is C9H17N3O. The van der Waals surface area contributed by atoms with E-state index in [0.29, 0.717) is 25.4 Å². The molecule has 4 heteroatoms. The minimum absolute atomic E-state index is 0.0508. The van der Waals surface area contributed by atoms with E-state index in [9.17, 15) is 4.79 Å². The molecule has 0 radical (unpaired) electrons. The van der Waals surface area contributed by atoms with E-state index < -0.39 is 0 Å². The number of carbonyl (C=O) groups excluding carboxylic acids is 1. The summed E-state index contributed by atoms with van der Waals surface area (Å²) >= 11 is 0. The van der Waals surface area contributed by atoms with Crippen molar-refractivity contribution in [3.63, 3.8) is 0 Å². The predicted molar refractivity (Wildman–Crippen MR) is 52.5 cm³/mol. The molecule has 0 aromatic rings. The van der Waals surface area contributed by atoms with Crippen LogP contribution in [-0.2, 0) is 4.79 Å². The van der Waals surface area contributed by atoms with Crippen molar-refractivity contribution >= 4 is 11.7 Å². The molecule has 1 saturated carbocycles. The first kappa shape index (κ1) is 10.0. The lowest BCUT2D eigenvalue weighted by Crippen LogP contribution is -2.23. The Kier molecular flexibility index (Phi) is 3.73. The van der Waals surface area contributed by atoms with Crippen LogP contribution in [-0.4, -0.2) is 24.8 Å². The van der Waals surface area contributed by atoms with E-state index in [1.165, 1.54) is 0 Å². The van der Waals surface area contributed by atoms with E-state index in [2.05, 4.69) is 10.3 Å². The maximum atomic E-state index is 11.0. The molecule has 74 valence electrons. The second kappa shape index (κ2) is 4.84. The van der Waals surface area contributed by atoms with Gasteiger partial charge >= 0.3 is 0 Å². The quantitative estimate of drug-likeness (QED) is 0.475. The molecule has 0 bridgehead atoms. The van der Waals surface area contributed by atoms with Gasteiger partial charge in [-0.1, -0.05) is 0 Å². The third-order valence-electron chi connectivity index (χ3n) is 2.00. The molecule has 0 atom stereocenters. The van der Waals surface area contributed by atoms with E-state index >= 15 is 0 Å². The Bertz CT molecular complexity index is 209. The molecule has 0 aromatic heterocycles. The third-order valence-corrected chi connectivity index (χ3v) is 2.00. The maximum absolute atomic E-state index is 11.0. The molecule has 0 aromatic carbocycles. The first-order valence-corrected chi connectivity index (χ1v) is 4.80. The second-order valence-electron chi connectivity index (χ2n) is 3.28. The fourth-order valence-electron chi connectivity index (χ4n) is 1.08. The van der Waals surface area contributed by atoms with E-state index in [-0.39, 0.29) is 5.91 Å². The largest absolute Gasteiger partial charge is 0.387 e. The second-order valence-corrected chi connectivity index (χ2v) is 3.28. The Balaban J connectivity index is 2.11. The number of hydrogen-bond donors (Lipinski definition) is 2. The monoisotopic (exact) mass is 183 g/mol. The molecule has 4 nitrogen and oxygen atoms in total. The molecule has 0 heterocycles. The van der Waals surface area contributed by atoms with Crippen LogP contribution in [0.5, 0.6) is 0 Å². The zero-order valence-corrected chi connectivity index (χ0v) is 8.05. The molecule has 13 heavy (non-hydrogen) atoms. The highest BCUT2D eigenvalue weighted by atomic mass is 16.1. The van der Waals surface area contributed by atoms with Crippen LogP contribution in [0.15, 0.2) is 4.99 Å². The lowest BCUT2D eigenvalue weighted by atomic mass is 10.3. The first-order valence-electron chi connectivity index (χ1n) is 4.80. The van der Waals surface area contributed by atoms with Gasteiger partial charge in [0.1, 0.15) is 0 Å². The first-order chi connectivity index (χ1) is 6.24. The molecule has 0 unspecified atom stereocenters. The number of amides is 1. The smallest absolute Gasteiger partial charge is 0.221 e. The van der Waals surface area contributed by atoms with Crippen LogP contribution in [0, 0.1) is 5.92 Å². The van der Waals surface area contributed by atoms with Crippen LogP contribution >= 0.6 is 0 Å². The Morgan fingerprint density at radius 3 is 2.85 bits per heavy atom. The van der Waals surface area contributed by atoms with Crippen LogP contribution < -0.4 is 11.1 Å². The van der Waals surface area contributed by atoms with E-state index in [4.69, 9.17) is 5.73 Å². The Labute approximate surface area is 78.6 Å². The summed E-state index contributed by atoms with van der Waals surface area (Å²) in [4.78, 5) is 15.1. The van der Waals surface area contributed by atoms with Crippen molar-refractivity contribution in [1.82, 2.24) is 5.32 Å². The van der Waals surface area contributed by atoms with Crippen molar-refractivity contribution in [2.45, 2.75) is 26.2 Å². The van der Waals surface area contributed by atoms with Gasteiger partial charge in [-0.2, -0.15) is 0 Å². The van der Waals surface area contributed by atoms with Gasteiger partial charge in [-0.05, 0) is 19.8 Å². The molecule has 0 saturated heterocycles. The van der Waals surface area contributed by atoms with Crippen molar-refractivity contribution in [3.05, 3.63) is 0 Å². The van der Waals surface area contributed by atoms with Gasteiger partial charge in [-0.25, -0.2) is 0 Å². The lowest BCUT2D eigenvalue weighted by molar-refractivity contribution is -0.120. The number of aliphatic imine (C=N–C) groups is 1. The van der Waals surface area contributed by atoms with Gasteiger partial charge in [0, 0.05) is 25.4 Å². The maximum Gasteiger partial charge on any atom is 0.221 e. The van der Waals surface area contributed by atoms with Crippen LogP contribution in [0.2, 0.25) is 0 Å². The minimum Gasteiger partial charge on any atom is -0.387 e. The van der Waals surface area contributed by atoms with Crippen molar-refractivity contribution < 1.29 is 4.79 Å². The third kappa shape index (κ3) is 3.92. The van der Waals surface area contributed by atoms with Gasteiger partial charge in [0.2, 0.25) is 5.91 Å². The van der Waals surface area contributed by atoms with Crippen molar-refractivity contribution in [2.24, 2.45) is 16.6 Å². The fraction of sp³-hybridized carbons (Fsp3) is 0.778. The molecular weight excluding hydrogens is 166 g/mol. The summed E-state index contributed by atoms with van der Waals surface area (Å²) in [5, 5.41) is 2.72. The number of amidine groups is 1. The molecule has 1 aliphatic rings. The Hall–Kier alpha value is -1.06. The molecule has 1 amide bonds. The zero-order valence-electron chi connectivity index (χ0n) is 8.05. The average molecular weight is 183 g/mol. The Morgan fingerprint density at radius 2 is 2.31 bits per heavy atom. The van der Waals surface area contributed by atoms with Crippen molar-refractivity contribution in [1.29, 1.82) is 0 Å². The molecule has 1 fully saturated rings. The van der Waals surface area contributed by atoms with Crippen molar-refractivity contribution in [2.75, 3.05) is 13.1 Å². The van der Waals surface area contributed by atoms with Crippen LogP contribution in [0.3, 0.4) is 0 Å². The summed E-state index contributed by atoms with van der Waals surface area (Å²) in [5.74, 6) is 1.29. The van der Waals surface area contributed by atoms with Gasteiger partial charge in [0.05, 0.1) is 5.84 Å². The summed E-state index contributed by atoms with van der Waals surface area (Å²) in [6.07, 6.45) is 2.77. The number of carbonyl (C=O) groups is 1. The standard InChI is InChI=1S/C9H17N3O/c1-2-11-8(13)5-6-12-9(10)7-3-4-7/h7H,2-6H2,1H3,(H2,10,12)(H,11,13). The summed E-state index contributed by atoms with van der Waals surface area (Å²) in [6.45, 7) is 3.11. The summed E-state index contributed by atoms with van der Waals surface area (Å²) in [6, 6.07) is 0. The number of rotatable bonds is 5. The summed E-state index contributed by atoms with van der Waals surface area (Å²) in [7, 11) is 0. The van der Waals surface area contributed by atoms with Gasteiger partial charge in [-0.15, -0.1) is 0 Å². The molecule has 1 rings (SSSR count). The summed E-state index contributed by atoms with van der Waals surface area (Å²) < 4.78 is 0. The topological polar surface area (TPSA) is 67.5 Å². The van der Waals surface area contributed by atoms with E-state index in [1.54, 1.807) is 0 Å². The number of nitrogens with two attached hydrogens (primary N) is 1. The molecule has 1 aliphatic carbocycles.